The summed E-state index contributed by atoms with van der Waals surface area (Å²) < 4.78 is 0. The average Bonchev–Trinajstić information content (AvgIpc) is 2.86. The standard InChI is InChI=1S/C10H19NS/c1-3-10(9-4-5-9)11-8(2)6-7-12-10/h8-9,11H,3-7H2,1-2H3. The van der Waals surface area contributed by atoms with E-state index in [-0.39, 0.29) is 0 Å². The van der Waals surface area contributed by atoms with E-state index >= 15 is 0 Å². The van der Waals surface area contributed by atoms with Crippen LogP contribution in [0.1, 0.15) is 39.5 Å². The molecule has 2 unspecified atom stereocenters. The van der Waals surface area contributed by atoms with Gasteiger partial charge in [0, 0.05) is 6.04 Å². The molecule has 0 aromatic rings. The molecule has 0 aromatic heterocycles. The van der Waals surface area contributed by atoms with Crippen LogP contribution in [0, 0.1) is 5.92 Å². The van der Waals surface area contributed by atoms with E-state index in [1.165, 1.54) is 31.4 Å². The summed E-state index contributed by atoms with van der Waals surface area (Å²) in [5, 5.41) is 3.80. The third kappa shape index (κ3) is 1.51. The number of nitrogens with one attached hydrogen (secondary N) is 1. The van der Waals surface area contributed by atoms with Gasteiger partial charge in [-0.15, -0.1) is 11.8 Å². The van der Waals surface area contributed by atoms with Gasteiger partial charge in [-0.3, -0.25) is 0 Å². The van der Waals surface area contributed by atoms with Crippen molar-refractivity contribution in [3.05, 3.63) is 0 Å². The number of rotatable bonds is 2. The molecule has 1 saturated heterocycles. The van der Waals surface area contributed by atoms with E-state index in [9.17, 15) is 0 Å². The molecule has 2 aliphatic rings. The van der Waals surface area contributed by atoms with Gasteiger partial charge >= 0.3 is 0 Å². The minimum absolute atomic E-state index is 0.470. The Morgan fingerprint density at radius 3 is 2.67 bits per heavy atom. The Hall–Kier alpha value is 0.310. The van der Waals surface area contributed by atoms with E-state index < -0.39 is 0 Å². The number of thioether (sulfide) groups is 1. The molecular formula is C10H19NS. The Bertz CT molecular complexity index is 167. The first kappa shape index (κ1) is 8.89. The lowest BCUT2D eigenvalue weighted by atomic mass is 10.1. The zero-order valence-electron chi connectivity index (χ0n) is 8.10. The van der Waals surface area contributed by atoms with Crippen LogP contribution in [0.3, 0.4) is 0 Å². The van der Waals surface area contributed by atoms with Crippen molar-refractivity contribution < 1.29 is 0 Å². The first-order valence-corrected chi connectivity index (χ1v) is 6.17. The van der Waals surface area contributed by atoms with E-state index in [0.29, 0.717) is 4.87 Å². The Kier molecular flexibility index (Phi) is 2.39. The van der Waals surface area contributed by atoms with Gasteiger partial charge in [0.15, 0.2) is 0 Å². The first-order chi connectivity index (χ1) is 5.77. The van der Waals surface area contributed by atoms with Crippen LogP contribution >= 0.6 is 11.8 Å². The fourth-order valence-electron chi connectivity index (χ4n) is 2.23. The zero-order chi connectivity index (χ0) is 8.60. The van der Waals surface area contributed by atoms with Crippen molar-refractivity contribution in [2.45, 2.75) is 50.4 Å². The Morgan fingerprint density at radius 1 is 1.42 bits per heavy atom. The summed E-state index contributed by atoms with van der Waals surface area (Å²) in [5.74, 6) is 2.34. The van der Waals surface area contributed by atoms with Crippen molar-refractivity contribution in [2.24, 2.45) is 5.92 Å². The second-order valence-electron chi connectivity index (χ2n) is 4.20. The molecule has 2 fully saturated rings. The Labute approximate surface area is 79.7 Å². The normalized spacial score (nSPS) is 43.0. The predicted molar refractivity (Wildman–Crippen MR) is 55.4 cm³/mol. The van der Waals surface area contributed by atoms with E-state index in [1.807, 2.05) is 0 Å². The largest absolute Gasteiger partial charge is 0.300 e. The summed E-state index contributed by atoms with van der Waals surface area (Å²) in [5.41, 5.74) is 0. The fourth-order valence-corrected chi connectivity index (χ4v) is 4.02. The molecule has 0 aromatic carbocycles. The van der Waals surface area contributed by atoms with Crippen LogP contribution in [-0.4, -0.2) is 16.7 Å². The predicted octanol–water partition coefficient (Wildman–Crippen LogP) is 2.62. The second-order valence-corrected chi connectivity index (χ2v) is 5.63. The molecule has 1 N–H and O–H groups in total. The number of hydrogen-bond donors (Lipinski definition) is 1. The molecular weight excluding hydrogens is 166 g/mol. The molecule has 0 bridgehead atoms. The molecule has 2 rings (SSSR count). The molecule has 70 valence electrons. The van der Waals surface area contributed by atoms with Crippen molar-refractivity contribution in [1.29, 1.82) is 0 Å². The number of hydrogen-bond acceptors (Lipinski definition) is 2. The molecule has 1 aliphatic heterocycles. The molecule has 0 spiro atoms. The molecule has 0 radical (unpaired) electrons. The minimum Gasteiger partial charge on any atom is -0.300 e. The van der Waals surface area contributed by atoms with Gasteiger partial charge in [-0.1, -0.05) is 6.92 Å². The first-order valence-electron chi connectivity index (χ1n) is 5.18. The fraction of sp³-hybridized carbons (Fsp3) is 1.00. The van der Waals surface area contributed by atoms with Crippen LogP contribution < -0.4 is 5.32 Å². The highest BCUT2D eigenvalue weighted by molar-refractivity contribution is 8.00. The van der Waals surface area contributed by atoms with Crippen LogP contribution in [0.5, 0.6) is 0 Å². The van der Waals surface area contributed by atoms with E-state index in [4.69, 9.17) is 0 Å². The van der Waals surface area contributed by atoms with Crippen molar-refractivity contribution in [3.63, 3.8) is 0 Å². The van der Waals surface area contributed by atoms with E-state index in [0.717, 1.165) is 12.0 Å². The zero-order valence-corrected chi connectivity index (χ0v) is 8.91. The van der Waals surface area contributed by atoms with Crippen LogP contribution in [-0.2, 0) is 0 Å². The van der Waals surface area contributed by atoms with Gasteiger partial charge in [0.25, 0.3) is 0 Å². The monoisotopic (exact) mass is 185 g/mol. The highest BCUT2D eigenvalue weighted by Crippen LogP contribution is 2.49. The highest BCUT2D eigenvalue weighted by atomic mass is 32.2. The minimum atomic E-state index is 0.470. The van der Waals surface area contributed by atoms with Crippen LogP contribution in [0.4, 0.5) is 0 Å². The molecule has 2 heteroatoms. The van der Waals surface area contributed by atoms with Gasteiger partial charge < -0.3 is 5.32 Å². The summed E-state index contributed by atoms with van der Waals surface area (Å²) in [7, 11) is 0. The van der Waals surface area contributed by atoms with E-state index in [2.05, 4.69) is 30.9 Å². The van der Waals surface area contributed by atoms with Gasteiger partial charge in [0.1, 0.15) is 0 Å². The van der Waals surface area contributed by atoms with Crippen LogP contribution in [0.2, 0.25) is 0 Å². The lowest BCUT2D eigenvalue weighted by Gasteiger charge is -2.40. The van der Waals surface area contributed by atoms with Crippen LogP contribution in [0.25, 0.3) is 0 Å². The molecule has 1 heterocycles. The third-order valence-electron chi connectivity index (χ3n) is 3.16. The third-order valence-corrected chi connectivity index (χ3v) is 4.86. The summed E-state index contributed by atoms with van der Waals surface area (Å²) in [6.07, 6.45) is 5.56. The van der Waals surface area contributed by atoms with Gasteiger partial charge in [-0.05, 0) is 44.3 Å². The Morgan fingerprint density at radius 2 is 2.17 bits per heavy atom. The molecule has 0 amide bonds. The SMILES string of the molecule is CCC1(C2CC2)NC(C)CCS1. The lowest BCUT2D eigenvalue weighted by Crippen LogP contribution is -2.51. The summed E-state index contributed by atoms with van der Waals surface area (Å²) in [6.45, 7) is 4.66. The maximum Gasteiger partial charge on any atom is 0.0673 e. The summed E-state index contributed by atoms with van der Waals surface area (Å²) in [6, 6.07) is 0.742. The van der Waals surface area contributed by atoms with Gasteiger partial charge in [-0.2, -0.15) is 0 Å². The highest BCUT2D eigenvalue weighted by Gasteiger charge is 2.46. The molecule has 1 aliphatic carbocycles. The average molecular weight is 185 g/mol. The Balaban J connectivity index is 2.04. The topological polar surface area (TPSA) is 12.0 Å². The molecule has 1 nitrogen and oxygen atoms in total. The van der Waals surface area contributed by atoms with Crippen LogP contribution in [0.15, 0.2) is 0 Å². The maximum atomic E-state index is 3.80. The van der Waals surface area contributed by atoms with Gasteiger partial charge in [0.05, 0.1) is 4.87 Å². The maximum absolute atomic E-state index is 3.80. The van der Waals surface area contributed by atoms with Crippen molar-refractivity contribution in [2.75, 3.05) is 5.75 Å². The lowest BCUT2D eigenvalue weighted by molar-refractivity contribution is 0.342. The summed E-state index contributed by atoms with van der Waals surface area (Å²) in [4.78, 5) is 0.470. The molecule has 12 heavy (non-hydrogen) atoms. The second kappa shape index (κ2) is 3.22. The van der Waals surface area contributed by atoms with Gasteiger partial charge in [0.2, 0.25) is 0 Å². The molecule has 2 atom stereocenters. The van der Waals surface area contributed by atoms with Gasteiger partial charge in [-0.25, -0.2) is 0 Å². The molecule has 1 saturated carbocycles. The van der Waals surface area contributed by atoms with Crippen molar-refractivity contribution in [1.82, 2.24) is 5.32 Å². The van der Waals surface area contributed by atoms with Crippen molar-refractivity contribution in [3.8, 4) is 0 Å². The smallest absolute Gasteiger partial charge is 0.0673 e. The van der Waals surface area contributed by atoms with Crippen molar-refractivity contribution >= 4 is 11.8 Å². The summed E-state index contributed by atoms with van der Waals surface area (Å²) >= 11 is 2.17. The quantitative estimate of drug-likeness (QED) is 0.710. The van der Waals surface area contributed by atoms with E-state index in [1.54, 1.807) is 0 Å².